The van der Waals surface area contributed by atoms with E-state index in [4.69, 9.17) is 4.74 Å². The molecule has 2 aliphatic rings. The average Bonchev–Trinajstić information content (AvgIpc) is 3.15. The van der Waals surface area contributed by atoms with Crippen LogP contribution in [-0.2, 0) is 9.53 Å². The number of carbonyl (C=O) groups is 1. The molecule has 1 aliphatic carbocycles. The number of carbonyl (C=O) groups excluding carboxylic acids is 1. The molecule has 1 saturated carbocycles. The predicted octanol–water partition coefficient (Wildman–Crippen LogP) is 0.211. The Bertz CT molecular complexity index is 294. The summed E-state index contributed by atoms with van der Waals surface area (Å²) < 4.78 is 4.91. The molecule has 2 rings (SSSR count). The number of nitrogens with zero attached hydrogens (tertiary/aromatic N) is 1. The van der Waals surface area contributed by atoms with Crippen LogP contribution in [0.4, 0.5) is 0 Å². The van der Waals surface area contributed by atoms with Gasteiger partial charge in [-0.25, -0.2) is 0 Å². The van der Waals surface area contributed by atoms with Gasteiger partial charge in [-0.3, -0.25) is 4.79 Å². The summed E-state index contributed by atoms with van der Waals surface area (Å²) in [5, 5.41) is 6.21. The normalized spacial score (nSPS) is 25.5. The van der Waals surface area contributed by atoms with Gasteiger partial charge in [0.15, 0.2) is 0 Å². The van der Waals surface area contributed by atoms with Gasteiger partial charge in [-0.05, 0) is 45.2 Å². The fourth-order valence-electron chi connectivity index (χ4n) is 2.67. The Kier molecular flexibility index (Phi) is 5.60. The van der Waals surface area contributed by atoms with Crippen molar-refractivity contribution in [1.29, 1.82) is 0 Å². The van der Waals surface area contributed by atoms with E-state index in [9.17, 15) is 4.79 Å². The average molecular weight is 269 g/mol. The second kappa shape index (κ2) is 7.22. The molecular formula is C14H27N3O2. The van der Waals surface area contributed by atoms with Crippen LogP contribution in [0.5, 0.6) is 0 Å². The molecular weight excluding hydrogens is 242 g/mol. The van der Waals surface area contributed by atoms with E-state index in [-0.39, 0.29) is 11.9 Å². The minimum absolute atomic E-state index is 0.0640. The molecule has 0 spiro atoms. The third-order valence-corrected chi connectivity index (χ3v) is 4.09. The molecule has 2 fully saturated rings. The van der Waals surface area contributed by atoms with Crippen molar-refractivity contribution in [2.24, 2.45) is 5.92 Å². The second-order valence-corrected chi connectivity index (χ2v) is 5.79. The van der Waals surface area contributed by atoms with Crippen molar-refractivity contribution >= 4 is 5.91 Å². The number of rotatable bonds is 8. The zero-order valence-corrected chi connectivity index (χ0v) is 12.2. The van der Waals surface area contributed by atoms with Gasteiger partial charge in [-0.15, -0.1) is 0 Å². The summed E-state index contributed by atoms with van der Waals surface area (Å²) in [6.45, 7) is 6.47. The predicted molar refractivity (Wildman–Crippen MR) is 75.1 cm³/mol. The molecule has 0 aromatic rings. The van der Waals surface area contributed by atoms with Gasteiger partial charge in [0.2, 0.25) is 5.91 Å². The topological polar surface area (TPSA) is 53.6 Å². The molecule has 5 heteroatoms. The van der Waals surface area contributed by atoms with Crippen LogP contribution in [0.15, 0.2) is 0 Å². The minimum atomic E-state index is -0.119. The molecule has 1 saturated heterocycles. The molecule has 2 N–H and O–H groups in total. The highest BCUT2D eigenvalue weighted by molar-refractivity contribution is 5.81. The first-order valence-electron chi connectivity index (χ1n) is 7.44. The highest BCUT2D eigenvalue weighted by Crippen LogP contribution is 2.31. The number of amides is 1. The molecule has 2 unspecified atom stereocenters. The molecule has 2 atom stereocenters. The quantitative estimate of drug-likeness (QED) is 0.619. The molecule has 5 nitrogen and oxygen atoms in total. The van der Waals surface area contributed by atoms with E-state index < -0.39 is 0 Å². The van der Waals surface area contributed by atoms with Crippen molar-refractivity contribution in [3.63, 3.8) is 0 Å². The monoisotopic (exact) mass is 269 g/mol. The molecule has 1 aliphatic heterocycles. The van der Waals surface area contributed by atoms with E-state index in [1.807, 2.05) is 6.92 Å². The maximum Gasteiger partial charge on any atom is 0.236 e. The van der Waals surface area contributed by atoms with Crippen molar-refractivity contribution < 1.29 is 9.53 Å². The lowest BCUT2D eigenvalue weighted by Crippen LogP contribution is -2.44. The molecule has 1 amide bonds. The first kappa shape index (κ1) is 14.8. The van der Waals surface area contributed by atoms with Crippen molar-refractivity contribution in [1.82, 2.24) is 15.5 Å². The van der Waals surface area contributed by atoms with Crippen LogP contribution in [0, 0.1) is 5.92 Å². The number of hydrogen-bond acceptors (Lipinski definition) is 4. The maximum atomic E-state index is 11.8. The highest BCUT2D eigenvalue weighted by atomic mass is 16.5. The number of likely N-dealkylation sites (tertiary alicyclic amines) is 1. The van der Waals surface area contributed by atoms with E-state index in [1.165, 1.54) is 32.4 Å². The maximum absolute atomic E-state index is 11.8. The number of nitrogens with one attached hydrogen (secondary N) is 2. The van der Waals surface area contributed by atoms with Crippen LogP contribution in [-0.4, -0.2) is 62.8 Å². The molecule has 1 heterocycles. The Labute approximate surface area is 116 Å². The third-order valence-electron chi connectivity index (χ3n) is 4.09. The van der Waals surface area contributed by atoms with Crippen LogP contribution < -0.4 is 10.6 Å². The Balaban J connectivity index is 1.57. The van der Waals surface area contributed by atoms with Gasteiger partial charge in [0.25, 0.3) is 0 Å². The van der Waals surface area contributed by atoms with Gasteiger partial charge < -0.3 is 20.3 Å². The zero-order chi connectivity index (χ0) is 13.7. The van der Waals surface area contributed by atoms with E-state index in [1.54, 1.807) is 7.11 Å². The lowest BCUT2D eigenvalue weighted by Gasteiger charge is -2.18. The Hall–Kier alpha value is -0.650. The molecule has 0 bridgehead atoms. The summed E-state index contributed by atoms with van der Waals surface area (Å²) in [6, 6.07) is 0.756. The van der Waals surface area contributed by atoms with Crippen LogP contribution in [0.3, 0.4) is 0 Å². The van der Waals surface area contributed by atoms with Gasteiger partial charge in [-0.1, -0.05) is 0 Å². The number of methoxy groups -OCH3 is 1. The van der Waals surface area contributed by atoms with E-state index in [0.29, 0.717) is 19.1 Å². The van der Waals surface area contributed by atoms with Crippen LogP contribution in [0.1, 0.15) is 26.2 Å². The van der Waals surface area contributed by atoms with Gasteiger partial charge >= 0.3 is 0 Å². The summed E-state index contributed by atoms with van der Waals surface area (Å²) >= 11 is 0. The number of hydrogen-bond donors (Lipinski definition) is 2. The van der Waals surface area contributed by atoms with Crippen LogP contribution in [0.25, 0.3) is 0 Å². The van der Waals surface area contributed by atoms with Crippen LogP contribution >= 0.6 is 0 Å². The first-order chi connectivity index (χ1) is 9.20. The van der Waals surface area contributed by atoms with E-state index in [0.717, 1.165) is 12.6 Å². The van der Waals surface area contributed by atoms with Gasteiger partial charge in [0.05, 0.1) is 12.6 Å². The lowest BCUT2D eigenvalue weighted by atomic mass is 10.1. The van der Waals surface area contributed by atoms with Crippen LogP contribution in [0.2, 0.25) is 0 Å². The van der Waals surface area contributed by atoms with Gasteiger partial charge in [-0.2, -0.15) is 0 Å². The summed E-state index contributed by atoms with van der Waals surface area (Å²) in [5.74, 6) is 0.768. The molecule has 0 aromatic heterocycles. The molecule has 19 heavy (non-hydrogen) atoms. The second-order valence-electron chi connectivity index (χ2n) is 5.79. The Morgan fingerprint density at radius 3 is 2.89 bits per heavy atom. The Morgan fingerprint density at radius 2 is 2.21 bits per heavy atom. The lowest BCUT2D eigenvalue weighted by molar-refractivity contribution is -0.122. The van der Waals surface area contributed by atoms with E-state index >= 15 is 0 Å². The van der Waals surface area contributed by atoms with Crippen molar-refractivity contribution in [2.75, 3.05) is 39.9 Å². The summed E-state index contributed by atoms with van der Waals surface area (Å²) in [7, 11) is 1.64. The zero-order valence-electron chi connectivity index (χ0n) is 12.2. The summed E-state index contributed by atoms with van der Waals surface area (Å²) in [5.41, 5.74) is 0. The SMILES string of the molecule is COCCNC(=O)C(C)NCC1CCN(C2CC2)C1. The third kappa shape index (κ3) is 4.75. The smallest absolute Gasteiger partial charge is 0.236 e. The largest absolute Gasteiger partial charge is 0.383 e. The van der Waals surface area contributed by atoms with E-state index in [2.05, 4.69) is 15.5 Å². The van der Waals surface area contributed by atoms with Gasteiger partial charge in [0.1, 0.15) is 0 Å². The summed E-state index contributed by atoms with van der Waals surface area (Å²) in [4.78, 5) is 14.4. The molecule has 0 radical (unpaired) electrons. The first-order valence-corrected chi connectivity index (χ1v) is 7.44. The van der Waals surface area contributed by atoms with Crippen molar-refractivity contribution in [3.8, 4) is 0 Å². The highest BCUT2D eigenvalue weighted by Gasteiger charge is 2.34. The fourth-order valence-corrected chi connectivity index (χ4v) is 2.67. The molecule has 110 valence electrons. The number of ether oxygens (including phenoxy) is 1. The van der Waals surface area contributed by atoms with Gasteiger partial charge in [0, 0.05) is 26.2 Å². The standard InChI is InChI=1S/C14H27N3O2/c1-11(14(18)15-6-8-19-2)16-9-12-5-7-17(10-12)13-3-4-13/h11-13,16H,3-10H2,1-2H3,(H,15,18). The van der Waals surface area contributed by atoms with Crippen molar-refractivity contribution in [3.05, 3.63) is 0 Å². The fraction of sp³-hybridized carbons (Fsp3) is 0.929. The minimum Gasteiger partial charge on any atom is -0.383 e. The molecule has 0 aromatic carbocycles. The summed E-state index contributed by atoms with van der Waals surface area (Å²) in [6.07, 6.45) is 4.04. The Morgan fingerprint density at radius 1 is 1.42 bits per heavy atom. The van der Waals surface area contributed by atoms with Crippen molar-refractivity contribution in [2.45, 2.75) is 38.3 Å².